The van der Waals surface area contributed by atoms with Gasteiger partial charge in [-0.15, -0.1) is 0 Å². The van der Waals surface area contributed by atoms with Gasteiger partial charge in [0.15, 0.2) is 5.96 Å². The largest absolute Gasteiger partial charge is 0.374 e. The number of hydrogen-bond donors (Lipinski definition) is 2. The summed E-state index contributed by atoms with van der Waals surface area (Å²) in [6.07, 6.45) is 9.17. The SMILES string of the molecule is CN=C(N)NC(C=O)(COC1CCN(C)C1)CC1CCCCC1. The quantitative estimate of drug-likeness (QED) is 0.417. The van der Waals surface area contributed by atoms with Crippen LogP contribution >= 0.6 is 0 Å². The molecule has 2 aliphatic rings. The predicted molar refractivity (Wildman–Crippen MR) is 92.5 cm³/mol. The Bertz CT molecular complexity index is 409. The van der Waals surface area contributed by atoms with E-state index in [1.54, 1.807) is 7.05 Å². The molecule has 1 heterocycles. The van der Waals surface area contributed by atoms with Crippen molar-refractivity contribution in [3.05, 3.63) is 0 Å². The molecular weight excluding hydrogens is 292 g/mol. The zero-order valence-electron chi connectivity index (χ0n) is 14.6. The molecule has 6 nitrogen and oxygen atoms in total. The fourth-order valence-corrected chi connectivity index (χ4v) is 3.77. The van der Waals surface area contributed by atoms with Crippen molar-refractivity contribution in [3.63, 3.8) is 0 Å². The summed E-state index contributed by atoms with van der Waals surface area (Å²) in [6, 6.07) is 0. The molecule has 0 aromatic carbocycles. The molecule has 2 rings (SSSR count). The second-order valence-corrected chi connectivity index (χ2v) is 7.20. The number of aliphatic imine (C=N–C) groups is 1. The highest BCUT2D eigenvalue weighted by Crippen LogP contribution is 2.30. The first-order valence-corrected chi connectivity index (χ1v) is 8.84. The first-order valence-electron chi connectivity index (χ1n) is 8.84. The van der Waals surface area contributed by atoms with Crippen molar-refractivity contribution in [2.24, 2.45) is 16.6 Å². The van der Waals surface area contributed by atoms with Crippen LogP contribution in [0, 0.1) is 5.92 Å². The summed E-state index contributed by atoms with van der Waals surface area (Å²) in [5, 5.41) is 3.13. The van der Waals surface area contributed by atoms with Crippen LogP contribution in [0.15, 0.2) is 4.99 Å². The highest BCUT2D eigenvalue weighted by Gasteiger charge is 2.36. The van der Waals surface area contributed by atoms with Crippen LogP contribution in [0.1, 0.15) is 44.9 Å². The Balaban J connectivity index is 2.00. The maximum Gasteiger partial charge on any atom is 0.189 e. The third-order valence-corrected chi connectivity index (χ3v) is 5.15. The van der Waals surface area contributed by atoms with E-state index in [2.05, 4.69) is 22.3 Å². The van der Waals surface area contributed by atoms with Gasteiger partial charge in [-0.05, 0) is 25.8 Å². The van der Waals surface area contributed by atoms with E-state index < -0.39 is 5.54 Å². The molecule has 2 fully saturated rings. The van der Waals surface area contributed by atoms with Gasteiger partial charge >= 0.3 is 0 Å². The van der Waals surface area contributed by atoms with Crippen LogP contribution in [-0.2, 0) is 9.53 Å². The number of likely N-dealkylation sites (tertiary alicyclic amines) is 1. The van der Waals surface area contributed by atoms with Gasteiger partial charge in [0, 0.05) is 20.1 Å². The van der Waals surface area contributed by atoms with Crippen molar-refractivity contribution in [2.45, 2.75) is 56.6 Å². The lowest BCUT2D eigenvalue weighted by Gasteiger charge is -2.35. The number of carbonyl (C=O) groups excluding carboxylic acids is 1. The average Bonchev–Trinajstić information content (AvgIpc) is 2.99. The van der Waals surface area contributed by atoms with Gasteiger partial charge in [0.2, 0.25) is 0 Å². The molecule has 0 spiro atoms. The molecule has 0 bridgehead atoms. The van der Waals surface area contributed by atoms with Crippen molar-refractivity contribution in [1.82, 2.24) is 10.2 Å². The number of carbonyl (C=O) groups is 1. The van der Waals surface area contributed by atoms with Crippen LogP contribution in [0.3, 0.4) is 0 Å². The highest BCUT2D eigenvalue weighted by atomic mass is 16.5. The molecule has 1 saturated carbocycles. The molecule has 0 amide bonds. The summed E-state index contributed by atoms with van der Waals surface area (Å²) in [5.74, 6) is 0.862. The van der Waals surface area contributed by atoms with Crippen LogP contribution in [0.2, 0.25) is 0 Å². The molecule has 3 N–H and O–H groups in total. The maximum absolute atomic E-state index is 12.0. The van der Waals surface area contributed by atoms with Gasteiger partial charge in [0.25, 0.3) is 0 Å². The lowest BCUT2D eigenvalue weighted by molar-refractivity contribution is -0.117. The van der Waals surface area contributed by atoms with Gasteiger partial charge in [0.1, 0.15) is 11.8 Å². The van der Waals surface area contributed by atoms with Crippen molar-refractivity contribution in [3.8, 4) is 0 Å². The number of ether oxygens (including phenoxy) is 1. The molecule has 1 saturated heterocycles. The highest BCUT2D eigenvalue weighted by molar-refractivity contribution is 5.83. The molecule has 1 aliphatic carbocycles. The third kappa shape index (κ3) is 5.46. The first-order chi connectivity index (χ1) is 11.1. The van der Waals surface area contributed by atoms with E-state index >= 15 is 0 Å². The summed E-state index contributed by atoms with van der Waals surface area (Å²) in [6.45, 7) is 2.34. The molecule has 0 aromatic rings. The minimum Gasteiger partial charge on any atom is -0.374 e. The lowest BCUT2D eigenvalue weighted by Crippen LogP contribution is -2.57. The minimum atomic E-state index is -0.757. The first kappa shape index (κ1) is 18.2. The number of guanidine groups is 1. The van der Waals surface area contributed by atoms with Gasteiger partial charge < -0.3 is 25.5 Å². The number of nitrogens with one attached hydrogen (secondary N) is 1. The monoisotopic (exact) mass is 324 g/mol. The van der Waals surface area contributed by atoms with Gasteiger partial charge in [-0.2, -0.15) is 0 Å². The number of nitrogens with two attached hydrogens (primary N) is 1. The normalized spacial score (nSPS) is 26.9. The Morgan fingerprint density at radius 3 is 2.70 bits per heavy atom. The number of nitrogens with zero attached hydrogens (tertiary/aromatic N) is 2. The Morgan fingerprint density at radius 2 is 2.13 bits per heavy atom. The Kier molecular flexibility index (Phi) is 6.84. The molecule has 2 unspecified atom stereocenters. The summed E-state index contributed by atoms with van der Waals surface area (Å²) in [5.41, 5.74) is 5.10. The van der Waals surface area contributed by atoms with Gasteiger partial charge in [-0.25, -0.2) is 0 Å². The van der Waals surface area contributed by atoms with Crippen LogP contribution in [0.25, 0.3) is 0 Å². The molecule has 6 heteroatoms. The fraction of sp³-hybridized carbons (Fsp3) is 0.882. The summed E-state index contributed by atoms with van der Waals surface area (Å²) >= 11 is 0. The molecule has 2 atom stereocenters. The molecule has 23 heavy (non-hydrogen) atoms. The van der Waals surface area contributed by atoms with Crippen LogP contribution in [0.5, 0.6) is 0 Å². The summed E-state index contributed by atoms with van der Waals surface area (Å²) in [7, 11) is 3.73. The number of likely N-dealkylation sites (N-methyl/N-ethyl adjacent to an activating group) is 1. The zero-order valence-corrected chi connectivity index (χ0v) is 14.6. The minimum absolute atomic E-state index is 0.201. The van der Waals surface area contributed by atoms with Gasteiger partial charge in [0.05, 0.1) is 12.7 Å². The molecular formula is C17H32N4O2. The van der Waals surface area contributed by atoms with E-state index in [1.165, 1.54) is 32.1 Å². The van der Waals surface area contributed by atoms with Crippen molar-refractivity contribution in [2.75, 3.05) is 33.8 Å². The third-order valence-electron chi connectivity index (χ3n) is 5.15. The summed E-state index contributed by atoms with van der Waals surface area (Å²) in [4.78, 5) is 18.2. The predicted octanol–water partition coefficient (Wildman–Crippen LogP) is 1.15. The zero-order chi connectivity index (χ0) is 16.7. The molecule has 0 radical (unpaired) electrons. The maximum atomic E-state index is 12.0. The Morgan fingerprint density at radius 1 is 1.39 bits per heavy atom. The van der Waals surface area contributed by atoms with Crippen LogP contribution in [0.4, 0.5) is 0 Å². The number of rotatable bonds is 7. The molecule has 1 aliphatic heterocycles. The molecule has 0 aromatic heterocycles. The second-order valence-electron chi connectivity index (χ2n) is 7.20. The van der Waals surface area contributed by atoms with E-state index in [0.29, 0.717) is 18.5 Å². The van der Waals surface area contributed by atoms with E-state index in [1.807, 2.05) is 0 Å². The van der Waals surface area contributed by atoms with Crippen molar-refractivity contribution >= 4 is 12.2 Å². The van der Waals surface area contributed by atoms with E-state index in [-0.39, 0.29) is 6.10 Å². The van der Waals surface area contributed by atoms with E-state index in [4.69, 9.17) is 10.5 Å². The van der Waals surface area contributed by atoms with E-state index in [9.17, 15) is 4.79 Å². The molecule has 132 valence electrons. The lowest BCUT2D eigenvalue weighted by atomic mass is 9.80. The number of hydrogen-bond acceptors (Lipinski definition) is 4. The standard InChI is InChI=1S/C17H32N4O2/c1-19-16(18)20-17(12-22,10-14-6-4-3-5-7-14)13-23-15-8-9-21(2)11-15/h12,14-15H,3-11,13H2,1-2H3,(H3,18,19,20). The fourth-order valence-electron chi connectivity index (χ4n) is 3.77. The number of aldehydes is 1. The summed E-state index contributed by atoms with van der Waals surface area (Å²) < 4.78 is 6.07. The van der Waals surface area contributed by atoms with Crippen LogP contribution < -0.4 is 11.1 Å². The van der Waals surface area contributed by atoms with Crippen molar-refractivity contribution in [1.29, 1.82) is 0 Å². The average molecular weight is 324 g/mol. The Labute approximate surface area is 139 Å². The van der Waals surface area contributed by atoms with Gasteiger partial charge in [-0.1, -0.05) is 32.1 Å². The topological polar surface area (TPSA) is 79.9 Å². The van der Waals surface area contributed by atoms with E-state index in [0.717, 1.165) is 32.2 Å². The van der Waals surface area contributed by atoms with Crippen LogP contribution in [-0.4, -0.2) is 62.6 Å². The van der Waals surface area contributed by atoms with Crippen molar-refractivity contribution < 1.29 is 9.53 Å². The Hall–Kier alpha value is -1.14. The smallest absolute Gasteiger partial charge is 0.189 e. The van der Waals surface area contributed by atoms with Gasteiger partial charge in [-0.3, -0.25) is 4.99 Å². The second kappa shape index (κ2) is 8.64.